The highest BCUT2D eigenvalue weighted by molar-refractivity contribution is 7.14. The first-order valence-electron chi connectivity index (χ1n) is 8.21. The van der Waals surface area contributed by atoms with Crippen molar-refractivity contribution in [3.8, 4) is 0 Å². The quantitative estimate of drug-likeness (QED) is 0.852. The van der Waals surface area contributed by atoms with Crippen LogP contribution in [0, 0.1) is 5.92 Å². The summed E-state index contributed by atoms with van der Waals surface area (Å²) < 4.78 is 5.33. The number of nitrogens with one attached hydrogen (secondary N) is 1. The molecule has 0 bridgehead atoms. The lowest BCUT2D eigenvalue weighted by atomic mass is 9.90. The van der Waals surface area contributed by atoms with Crippen LogP contribution in [0.25, 0.3) is 0 Å². The van der Waals surface area contributed by atoms with Crippen LogP contribution in [0.5, 0.6) is 0 Å². The Balaban J connectivity index is 1.61. The van der Waals surface area contributed by atoms with Crippen molar-refractivity contribution in [3.05, 3.63) is 51.7 Å². The predicted molar refractivity (Wildman–Crippen MR) is 95.5 cm³/mol. The first-order valence-corrected chi connectivity index (χ1v) is 9.03. The summed E-state index contributed by atoms with van der Waals surface area (Å²) in [5.74, 6) is -0.0891. The molecular formula is C19H21NO3S. The molecule has 126 valence electrons. The fourth-order valence-corrected chi connectivity index (χ4v) is 3.94. The zero-order valence-electron chi connectivity index (χ0n) is 13.9. The number of carbonyl (C=O) groups is 2. The Labute approximate surface area is 145 Å². The molecular weight excluding hydrogens is 322 g/mol. The summed E-state index contributed by atoms with van der Waals surface area (Å²) >= 11 is 1.50. The smallest absolute Gasteiger partial charge is 0.349 e. The number of esters is 1. The molecule has 1 amide bonds. The van der Waals surface area contributed by atoms with Crippen molar-refractivity contribution in [2.24, 2.45) is 5.92 Å². The molecule has 4 nitrogen and oxygen atoms in total. The van der Waals surface area contributed by atoms with E-state index in [4.69, 9.17) is 4.74 Å². The fraction of sp³-hybridized carbons (Fsp3) is 0.368. The maximum Gasteiger partial charge on any atom is 0.349 e. The Morgan fingerprint density at radius 2 is 2.04 bits per heavy atom. The van der Waals surface area contributed by atoms with Crippen LogP contribution in [0.1, 0.15) is 40.4 Å². The zero-order valence-corrected chi connectivity index (χ0v) is 14.7. The van der Waals surface area contributed by atoms with Gasteiger partial charge in [0.05, 0.1) is 0 Å². The normalized spacial score (nSPS) is 17.7. The number of para-hydroxylation sites is 1. The summed E-state index contributed by atoms with van der Waals surface area (Å²) in [5, 5.41) is 2.74. The molecule has 2 atom stereocenters. The molecule has 1 aromatic heterocycles. The number of amides is 1. The van der Waals surface area contributed by atoms with Crippen molar-refractivity contribution >= 4 is 28.9 Å². The van der Waals surface area contributed by atoms with Gasteiger partial charge in [0, 0.05) is 10.6 Å². The monoisotopic (exact) mass is 343 g/mol. The lowest BCUT2D eigenvalue weighted by Gasteiger charge is -2.16. The van der Waals surface area contributed by atoms with Gasteiger partial charge in [-0.25, -0.2) is 4.79 Å². The summed E-state index contributed by atoms with van der Waals surface area (Å²) in [5.41, 5.74) is 1.94. The van der Waals surface area contributed by atoms with Crippen LogP contribution in [0.4, 0.5) is 5.69 Å². The van der Waals surface area contributed by atoms with Gasteiger partial charge in [0.1, 0.15) is 4.88 Å². The van der Waals surface area contributed by atoms with E-state index >= 15 is 0 Å². The number of ether oxygens (including phenoxy) is 1. The first-order chi connectivity index (χ1) is 11.5. The lowest BCUT2D eigenvalue weighted by molar-refractivity contribution is -0.123. The largest absolute Gasteiger partial charge is 0.448 e. The van der Waals surface area contributed by atoms with E-state index in [2.05, 4.69) is 12.2 Å². The minimum atomic E-state index is -0.837. The van der Waals surface area contributed by atoms with Crippen molar-refractivity contribution in [2.45, 2.75) is 39.2 Å². The number of thiophene rings is 1. The molecule has 0 saturated carbocycles. The highest BCUT2D eigenvalue weighted by atomic mass is 32.1. The number of carbonyl (C=O) groups excluding carboxylic acids is 2. The summed E-state index contributed by atoms with van der Waals surface area (Å²) in [6.45, 7) is 3.82. The van der Waals surface area contributed by atoms with E-state index < -0.39 is 12.1 Å². The Bertz CT molecular complexity index is 738. The molecule has 0 spiro atoms. The van der Waals surface area contributed by atoms with E-state index in [0.29, 0.717) is 16.5 Å². The third-order valence-electron chi connectivity index (χ3n) is 4.22. The van der Waals surface area contributed by atoms with Crippen LogP contribution >= 0.6 is 11.3 Å². The molecule has 1 N–H and O–H groups in total. The number of aryl methyl sites for hydroxylation is 1. The van der Waals surface area contributed by atoms with Gasteiger partial charge in [-0.2, -0.15) is 0 Å². The van der Waals surface area contributed by atoms with Gasteiger partial charge in [0.25, 0.3) is 5.91 Å². The number of hydrogen-bond acceptors (Lipinski definition) is 4. The molecule has 1 aliphatic carbocycles. The highest BCUT2D eigenvalue weighted by Crippen LogP contribution is 2.32. The molecule has 0 aliphatic heterocycles. The number of hydrogen-bond donors (Lipinski definition) is 1. The molecule has 0 fully saturated rings. The number of fused-ring (bicyclic) bond motifs is 1. The molecule has 2 aromatic rings. The van der Waals surface area contributed by atoms with Gasteiger partial charge in [-0.05, 0) is 55.9 Å². The van der Waals surface area contributed by atoms with Crippen molar-refractivity contribution < 1.29 is 14.3 Å². The molecule has 5 heteroatoms. The summed E-state index contributed by atoms with van der Waals surface area (Å²) in [4.78, 5) is 26.3. The van der Waals surface area contributed by atoms with E-state index in [-0.39, 0.29) is 5.91 Å². The van der Waals surface area contributed by atoms with Crippen LogP contribution in [0.3, 0.4) is 0 Å². The average Bonchev–Trinajstić information content (AvgIpc) is 2.99. The molecule has 1 aliphatic rings. The van der Waals surface area contributed by atoms with E-state index in [1.165, 1.54) is 21.8 Å². The maximum absolute atomic E-state index is 12.3. The molecule has 0 saturated heterocycles. The topological polar surface area (TPSA) is 55.4 Å². The summed E-state index contributed by atoms with van der Waals surface area (Å²) in [6.07, 6.45) is 2.37. The van der Waals surface area contributed by atoms with Gasteiger partial charge >= 0.3 is 5.97 Å². The van der Waals surface area contributed by atoms with Gasteiger partial charge in [0.15, 0.2) is 6.10 Å². The minimum Gasteiger partial charge on any atom is -0.448 e. The van der Waals surface area contributed by atoms with E-state index in [9.17, 15) is 9.59 Å². The Morgan fingerprint density at radius 3 is 2.79 bits per heavy atom. The predicted octanol–water partition coefficient (Wildman–Crippen LogP) is 4.06. The van der Waals surface area contributed by atoms with E-state index in [1.54, 1.807) is 19.1 Å². The maximum atomic E-state index is 12.3. The highest BCUT2D eigenvalue weighted by Gasteiger charge is 2.24. The van der Waals surface area contributed by atoms with Gasteiger partial charge in [0.2, 0.25) is 0 Å². The Morgan fingerprint density at radius 1 is 1.29 bits per heavy atom. The number of rotatable bonds is 4. The first kappa shape index (κ1) is 16.7. The van der Waals surface area contributed by atoms with E-state index in [0.717, 1.165) is 19.3 Å². The number of benzene rings is 1. The van der Waals surface area contributed by atoms with Crippen LogP contribution in [0.15, 0.2) is 36.4 Å². The van der Waals surface area contributed by atoms with Gasteiger partial charge < -0.3 is 10.1 Å². The minimum absolute atomic E-state index is 0.329. The molecule has 0 unspecified atom stereocenters. The third kappa shape index (κ3) is 3.85. The van der Waals surface area contributed by atoms with Gasteiger partial charge in [-0.3, -0.25) is 4.79 Å². The molecule has 1 heterocycles. The molecule has 3 rings (SSSR count). The van der Waals surface area contributed by atoms with Crippen LogP contribution < -0.4 is 5.32 Å². The lowest BCUT2D eigenvalue weighted by Crippen LogP contribution is -2.29. The SMILES string of the molecule is C[C@H]1CCc2sc(C(=O)O[C@@H](C)C(=O)Nc3ccccc3)cc2C1. The standard InChI is InChI=1S/C19H21NO3S/c1-12-8-9-16-14(10-12)11-17(24-16)19(22)23-13(2)18(21)20-15-6-4-3-5-7-15/h3-7,11-13H,8-10H2,1-2H3,(H,20,21)/t12-,13-/m0/s1. The second-order valence-electron chi connectivity index (χ2n) is 6.31. The summed E-state index contributed by atoms with van der Waals surface area (Å²) in [7, 11) is 0. The van der Waals surface area contributed by atoms with Crippen LogP contribution in [-0.4, -0.2) is 18.0 Å². The number of anilines is 1. The van der Waals surface area contributed by atoms with Gasteiger partial charge in [-0.1, -0.05) is 25.1 Å². The molecule has 0 radical (unpaired) electrons. The second kappa shape index (κ2) is 7.18. The van der Waals surface area contributed by atoms with Crippen LogP contribution in [-0.2, 0) is 22.4 Å². The zero-order chi connectivity index (χ0) is 17.1. The van der Waals surface area contributed by atoms with E-state index in [1.807, 2.05) is 24.3 Å². The molecule has 24 heavy (non-hydrogen) atoms. The average molecular weight is 343 g/mol. The Hall–Kier alpha value is -2.14. The molecule has 1 aromatic carbocycles. The second-order valence-corrected chi connectivity index (χ2v) is 7.45. The van der Waals surface area contributed by atoms with Crippen molar-refractivity contribution in [3.63, 3.8) is 0 Å². The van der Waals surface area contributed by atoms with Crippen molar-refractivity contribution in [2.75, 3.05) is 5.32 Å². The third-order valence-corrected chi connectivity index (χ3v) is 5.44. The Kier molecular flexibility index (Phi) is 5.00. The van der Waals surface area contributed by atoms with Crippen molar-refractivity contribution in [1.82, 2.24) is 0 Å². The fourth-order valence-electron chi connectivity index (χ4n) is 2.84. The summed E-state index contributed by atoms with van der Waals surface area (Å²) in [6, 6.07) is 11.1. The van der Waals surface area contributed by atoms with Crippen LogP contribution in [0.2, 0.25) is 0 Å². The van der Waals surface area contributed by atoms with Crippen molar-refractivity contribution in [1.29, 1.82) is 0 Å². The van der Waals surface area contributed by atoms with Gasteiger partial charge in [-0.15, -0.1) is 11.3 Å².